The Kier molecular flexibility index (Phi) is 9.15. The standard InChI is InChI=1S/C38H40ClN3O8/c1-40-13-11-22-17-30(45-3)33-19-26(22)28(40)15-21-7-9-24(10-8-21)49-32-18-23(27(42(43)44)20-31(32)46-4)16-29-34-25(12-14-41(29)2)35(39)37(47-5)38(48-6)36(34)50-33/h7-10,17-20,28-29H,11-16H2,1-6H3/t28-,29-/m0/s1. The van der Waals surface area contributed by atoms with E-state index in [9.17, 15) is 10.1 Å². The molecule has 50 heavy (non-hydrogen) atoms. The summed E-state index contributed by atoms with van der Waals surface area (Å²) in [5.41, 5.74) is 5.44. The highest BCUT2D eigenvalue weighted by atomic mass is 35.5. The fourth-order valence-corrected chi connectivity index (χ4v) is 7.93. The van der Waals surface area contributed by atoms with Gasteiger partial charge in [-0.05, 0) is 92.4 Å². The van der Waals surface area contributed by atoms with Gasteiger partial charge in [0.1, 0.15) is 5.75 Å². The Morgan fingerprint density at radius 1 is 0.780 bits per heavy atom. The van der Waals surface area contributed by atoms with Crippen molar-refractivity contribution in [3.63, 3.8) is 0 Å². The second kappa shape index (κ2) is 13.5. The molecule has 0 amide bonds. The minimum absolute atomic E-state index is 0.0735. The zero-order valence-electron chi connectivity index (χ0n) is 29.0. The molecule has 6 bridgehead atoms. The number of halogens is 1. The van der Waals surface area contributed by atoms with E-state index in [4.69, 9.17) is 40.0 Å². The molecule has 0 radical (unpaired) electrons. The summed E-state index contributed by atoms with van der Waals surface area (Å²) in [6.45, 7) is 1.54. The predicted molar refractivity (Wildman–Crippen MR) is 189 cm³/mol. The number of hydrogen-bond donors (Lipinski definition) is 0. The minimum Gasteiger partial charge on any atom is -0.493 e. The van der Waals surface area contributed by atoms with Crippen molar-refractivity contribution >= 4 is 17.3 Å². The molecular formula is C38H40ClN3O8. The lowest BCUT2D eigenvalue weighted by Crippen LogP contribution is -2.34. The van der Waals surface area contributed by atoms with Crippen molar-refractivity contribution in [3.8, 4) is 46.0 Å². The van der Waals surface area contributed by atoms with Crippen molar-refractivity contribution in [2.45, 2.75) is 37.8 Å². The Labute approximate surface area is 296 Å². The molecule has 4 aliphatic rings. The summed E-state index contributed by atoms with van der Waals surface area (Å²) in [5.74, 6) is 3.44. The van der Waals surface area contributed by atoms with Crippen LogP contribution in [0.25, 0.3) is 0 Å². The van der Waals surface area contributed by atoms with Crippen LogP contribution in [0.15, 0.2) is 48.5 Å². The normalized spacial score (nSPS) is 18.5. The molecule has 0 spiro atoms. The van der Waals surface area contributed by atoms with Crippen molar-refractivity contribution in [2.24, 2.45) is 0 Å². The topological polar surface area (TPSA) is 105 Å². The summed E-state index contributed by atoms with van der Waals surface area (Å²) in [7, 11) is 10.3. The first-order chi connectivity index (χ1) is 24.1. The van der Waals surface area contributed by atoms with E-state index < -0.39 is 11.0 Å². The largest absolute Gasteiger partial charge is 0.493 e. The van der Waals surface area contributed by atoms with E-state index in [1.54, 1.807) is 27.4 Å². The van der Waals surface area contributed by atoms with Gasteiger partial charge in [-0.3, -0.25) is 19.9 Å². The quantitative estimate of drug-likeness (QED) is 0.152. The van der Waals surface area contributed by atoms with E-state index in [2.05, 4.69) is 41.1 Å². The van der Waals surface area contributed by atoms with Crippen LogP contribution in [0, 0.1) is 10.1 Å². The van der Waals surface area contributed by atoms with Crippen molar-refractivity contribution in [1.82, 2.24) is 9.80 Å². The van der Waals surface area contributed by atoms with Crippen molar-refractivity contribution < 1.29 is 33.3 Å². The third-order valence-electron chi connectivity index (χ3n) is 10.3. The average Bonchev–Trinajstić information content (AvgIpc) is 3.11. The lowest BCUT2D eigenvalue weighted by Gasteiger charge is -2.38. The Morgan fingerprint density at radius 2 is 1.44 bits per heavy atom. The predicted octanol–water partition coefficient (Wildman–Crippen LogP) is 7.72. The van der Waals surface area contributed by atoms with Gasteiger partial charge in [0, 0.05) is 36.3 Å². The van der Waals surface area contributed by atoms with Gasteiger partial charge >= 0.3 is 0 Å². The first-order valence-electron chi connectivity index (χ1n) is 16.5. The molecule has 2 atom stereocenters. The van der Waals surface area contributed by atoms with Crippen LogP contribution in [0.3, 0.4) is 0 Å². The number of nitro groups is 1. The minimum atomic E-state index is -0.410. The molecule has 0 N–H and O–H groups in total. The lowest BCUT2D eigenvalue weighted by atomic mass is 9.86. The van der Waals surface area contributed by atoms with Gasteiger partial charge in [-0.15, -0.1) is 0 Å². The maximum absolute atomic E-state index is 12.5. The SMILES string of the molecule is COc1cc([N+](=O)[O-])c2cc1Oc1ccc(cc1)C[C@H]1c3cc(c(OC)cc3CCN1C)Oc1c(OC)c(OC)c(Cl)c3c1[C@H](C2)N(C)CC3. The average molecular weight is 702 g/mol. The van der Waals surface area contributed by atoms with Crippen LogP contribution < -0.4 is 28.4 Å². The molecule has 262 valence electrons. The Balaban J connectivity index is 1.52. The van der Waals surface area contributed by atoms with Crippen LogP contribution >= 0.6 is 11.6 Å². The molecule has 8 rings (SSSR count). The lowest BCUT2D eigenvalue weighted by molar-refractivity contribution is -0.385. The number of benzene rings is 4. The van der Waals surface area contributed by atoms with Gasteiger partial charge in [-0.1, -0.05) is 23.7 Å². The van der Waals surface area contributed by atoms with Gasteiger partial charge in [0.15, 0.2) is 34.5 Å². The third-order valence-corrected chi connectivity index (χ3v) is 10.7. The molecule has 12 heteroatoms. The molecule has 4 aliphatic heterocycles. The first-order valence-corrected chi connectivity index (χ1v) is 16.9. The summed E-state index contributed by atoms with van der Waals surface area (Å²) < 4.78 is 36.7. The number of rotatable bonds is 5. The first kappa shape index (κ1) is 33.8. The van der Waals surface area contributed by atoms with E-state index in [-0.39, 0.29) is 23.9 Å². The smallest absolute Gasteiger partial charge is 0.276 e. The van der Waals surface area contributed by atoms with Crippen LogP contribution in [-0.2, 0) is 25.7 Å². The number of methoxy groups -OCH3 is 4. The summed E-state index contributed by atoms with van der Waals surface area (Å²) in [6.07, 6.45) is 2.45. The molecule has 0 unspecified atom stereocenters. The molecule has 0 saturated carbocycles. The Hall–Kier alpha value is -4.71. The second-order valence-corrected chi connectivity index (χ2v) is 13.3. The monoisotopic (exact) mass is 701 g/mol. The molecule has 0 saturated heterocycles. The molecule has 0 aromatic heterocycles. The fourth-order valence-electron chi connectivity index (χ4n) is 7.57. The number of hydrogen-bond acceptors (Lipinski definition) is 10. The molecular weight excluding hydrogens is 662 g/mol. The van der Waals surface area contributed by atoms with Gasteiger partial charge in [0.25, 0.3) is 5.69 Å². The molecule has 11 nitrogen and oxygen atoms in total. The van der Waals surface area contributed by atoms with E-state index in [0.717, 1.165) is 41.6 Å². The van der Waals surface area contributed by atoms with Crippen molar-refractivity contribution in [3.05, 3.63) is 97.0 Å². The molecule has 0 fully saturated rings. The maximum Gasteiger partial charge on any atom is 0.276 e. The number of likely N-dealkylation sites (N-methyl/N-ethyl adjacent to an activating group) is 2. The number of ether oxygens (including phenoxy) is 6. The van der Waals surface area contributed by atoms with Gasteiger partial charge in [0.2, 0.25) is 5.75 Å². The van der Waals surface area contributed by atoms with Gasteiger partial charge < -0.3 is 28.4 Å². The van der Waals surface area contributed by atoms with Gasteiger partial charge in [-0.2, -0.15) is 0 Å². The number of nitrogens with zero attached hydrogens (tertiary/aromatic N) is 3. The number of nitro benzene ring substituents is 1. The number of fused-ring (bicyclic) bond motifs is 2. The maximum atomic E-state index is 12.5. The highest BCUT2D eigenvalue weighted by Gasteiger charge is 2.38. The van der Waals surface area contributed by atoms with E-state index >= 15 is 0 Å². The van der Waals surface area contributed by atoms with E-state index in [1.165, 1.54) is 18.7 Å². The Bertz CT molecular complexity index is 1970. The van der Waals surface area contributed by atoms with Gasteiger partial charge in [0.05, 0.1) is 44.5 Å². The molecule has 4 heterocycles. The van der Waals surface area contributed by atoms with Crippen LogP contribution in [0.1, 0.15) is 45.5 Å². The molecule has 4 aromatic rings. The highest BCUT2D eigenvalue weighted by Crippen LogP contribution is 2.55. The molecule has 4 aromatic carbocycles. The van der Waals surface area contributed by atoms with Gasteiger partial charge in [-0.25, -0.2) is 0 Å². The summed E-state index contributed by atoms with van der Waals surface area (Å²) >= 11 is 7.08. The zero-order chi connectivity index (χ0) is 35.3. The summed E-state index contributed by atoms with van der Waals surface area (Å²) in [4.78, 5) is 16.6. The van der Waals surface area contributed by atoms with Crippen molar-refractivity contribution in [2.75, 3.05) is 55.6 Å². The second-order valence-electron chi connectivity index (χ2n) is 12.9. The van der Waals surface area contributed by atoms with E-state index in [0.29, 0.717) is 63.8 Å². The van der Waals surface area contributed by atoms with Crippen LogP contribution in [0.5, 0.6) is 46.0 Å². The van der Waals surface area contributed by atoms with Crippen LogP contribution in [0.4, 0.5) is 5.69 Å². The zero-order valence-corrected chi connectivity index (χ0v) is 29.8. The van der Waals surface area contributed by atoms with Crippen LogP contribution in [-0.4, -0.2) is 70.3 Å². The van der Waals surface area contributed by atoms with Crippen LogP contribution in [0.2, 0.25) is 5.02 Å². The Morgan fingerprint density at radius 3 is 2.12 bits per heavy atom. The fraction of sp³-hybridized carbons (Fsp3) is 0.368. The molecule has 0 aliphatic carbocycles. The van der Waals surface area contributed by atoms with Crippen molar-refractivity contribution in [1.29, 1.82) is 0 Å². The summed E-state index contributed by atoms with van der Waals surface area (Å²) in [5, 5.41) is 12.9. The van der Waals surface area contributed by atoms with E-state index in [1.807, 2.05) is 19.2 Å². The third kappa shape index (κ3) is 5.82. The highest BCUT2D eigenvalue weighted by molar-refractivity contribution is 6.33. The summed E-state index contributed by atoms with van der Waals surface area (Å²) in [6, 6.07) is 14.9.